The molecule has 32 heavy (non-hydrogen) atoms. The van der Waals surface area contributed by atoms with Gasteiger partial charge in [-0.2, -0.15) is 0 Å². The molecule has 2 N–H and O–H groups in total. The van der Waals surface area contributed by atoms with Gasteiger partial charge >= 0.3 is 0 Å². The second kappa shape index (κ2) is 8.72. The third-order valence-corrected chi connectivity index (χ3v) is 6.79. The Morgan fingerprint density at radius 2 is 1.69 bits per heavy atom. The molecule has 0 aliphatic rings. The molecule has 0 aliphatic heterocycles. The maximum absolute atomic E-state index is 13.0. The van der Waals surface area contributed by atoms with Crippen molar-refractivity contribution in [3.8, 4) is 11.5 Å². The molecule has 4 aromatic rings. The Balaban J connectivity index is 1.47. The molecular weight excluding hydrogens is 430 g/mol. The van der Waals surface area contributed by atoms with Crippen LogP contribution in [0, 0.1) is 0 Å². The van der Waals surface area contributed by atoms with Gasteiger partial charge in [0.05, 0.1) is 24.0 Å². The molecule has 9 heteroatoms. The van der Waals surface area contributed by atoms with Gasteiger partial charge in [0.25, 0.3) is 5.91 Å². The minimum Gasteiger partial charge on any atom is -0.493 e. The highest BCUT2D eigenvalue weighted by atomic mass is 32.2. The van der Waals surface area contributed by atoms with Crippen LogP contribution >= 0.6 is 0 Å². The van der Waals surface area contributed by atoms with Crippen LogP contribution < -0.4 is 14.8 Å². The number of sulfone groups is 1. The minimum atomic E-state index is -3.74. The SMILES string of the molecule is COc1ccc(S(=O)(=O)c2ccc(CNC(=O)c3cc4cnccc4[nH]3)cc2)cc1OC. The standard InChI is InChI=1S/C23H21N3O5S/c1-30-21-8-7-18(12-22(21)31-2)32(28,29)17-5-3-15(4-6-17)13-25-23(27)20-11-16-14-24-10-9-19(16)26-20/h3-12,14,26H,13H2,1-2H3,(H,25,27). The second-order valence-electron chi connectivity index (χ2n) is 6.99. The van der Waals surface area contributed by atoms with Crippen molar-refractivity contribution in [3.63, 3.8) is 0 Å². The molecule has 0 fully saturated rings. The number of carbonyl (C=O) groups excluding carboxylic acids is 1. The van der Waals surface area contributed by atoms with Crippen molar-refractivity contribution >= 4 is 26.6 Å². The molecule has 0 spiro atoms. The number of hydrogen-bond acceptors (Lipinski definition) is 6. The number of rotatable bonds is 7. The van der Waals surface area contributed by atoms with Gasteiger partial charge in [-0.25, -0.2) is 8.42 Å². The maximum atomic E-state index is 13.0. The predicted octanol–water partition coefficient (Wildman–Crippen LogP) is 3.34. The number of benzene rings is 2. The van der Waals surface area contributed by atoms with E-state index in [9.17, 15) is 13.2 Å². The fourth-order valence-corrected chi connectivity index (χ4v) is 4.55. The van der Waals surface area contributed by atoms with E-state index in [0.717, 1.165) is 16.5 Å². The Labute approximate surface area is 185 Å². The van der Waals surface area contributed by atoms with E-state index >= 15 is 0 Å². The Morgan fingerprint density at radius 1 is 0.969 bits per heavy atom. The lowest BCUT2D eigenvalue weighted by Crippen LogP contribution is -2.23. The summed E-state index contributed by atoms with van der Waals surface area (Å²) in [6, 6.07) is 14.4. The van der Waals surface area contributed by atoms with Gasteiger partial charge in [0.2, 0.25) is 9.84 Å². The zero-order chi connectivity index (χ0) is 22.7. The number of nitrogens with one attached hydrogen (secondary N) is 2. The average molecular weight is 452 g/mol. The van der Waals surface area contributed by atoms with Crippen LogP contribution in [0.5, 0.6) is 11.5 Å². The molecule has 0 unspecified atom stereocenters. The van der Waals surface area contributed by atoms with E-state index in [-0.39, 0.29) is 22.2 Å². The number of pyridine rings is 1. The number of methoxy groups -OCH3 is 2. The van der Waals surface area contributed by atoms with E-state index in [1.165, 1.54) is 38.5 Å². The molecule has 1 amide bonds. The van der Waals surface area contributed by atoms with E-state index in [1.54, 1.807) is 42.7 Å². The highest BCUT2D eigenvalue weighted by molar-refractivity contribution is 7.91. The van der Waals surface area contributed by atoms with Gasteiger partial charge in [-0.05, 0) is 42.0 Å². The normalized spacial score (nSPS) is 11.3. The summed E-state index contributed by atoms with van der Waals surface area (Å²) in [5.41, 5.74) is 2.03. The number of aromatic nitrogens is 2. The first-order chi connectivity index (χ1) is 15.4. The van der Waals surface area contributed by atoms with Gasteiger partial charge in [-0.3, -0.25) is 9.78 Å². The van der Waals surface area contributed by atoms with Crippen LogP contribution in [0.15, 0.2) is 76.8 Å². The number of H-pyrrole nitrogens is 1. The molecule has 8 nitrogen and oxygen atoms in total. The van der Waals surface area contributed by atoms with Crippen LogP contribution in [0.1, 0.15) is 16.1 Å². The molecule has 0 aliphatic carbocycles. The van der Waals surface area contributed by atoms with E-state index in [4.69, 9.17) is 9.47 Å². The van der Waals surface area contributed by atoms with Gasteiger partial charge in [-0.15, -0.1) is 0 Å². The first kappa shape index (κ1) is 21.4. The highest BCUT2D eigenvalue weighted by Crippen LogP contribution is 2.32. The topological polar surface area (TPSA) is 110 Å². The summed E-state index contributed by atoms with van der Waals surface area (Å²) < 4.78 is 36.3. The number of nitrogens with zero attached hydrogens (tertiary/aromatic N) is 1. The number of hydrogen-bond donors (Lipinski definition) is 2. The Hall–Kier alpha value is -3.85. The van der Waals surface area contributed by atoms with Crippen molar-refractivity contribution in [2.24, 2.45) is 0 Å². The molecule has 2 aromatic heterocycles. The van der Waals surface area contributed by atoms with E-state index < -0.39 is 9.84 Å². The molecule has 2 heterocycles. The molecular formula is C23H21N3O5S. The largest absolute Gasteiger partial charge is 0.493 e. The summed E-state index contributed by atoms with van der Waals surface area (Å²) in [5, 5.41) is 3.67. The summed E-state index contributed by atoms with van der Waals surface area (Å²) in [4.78, 5) is 19.8. The van der Waals surface area contributed by atoms with Crippen LogP contribution in [0.3, 0.4) is 0 Å². The molecule has 0 saturated heterocycles. The van der Waals surface area contributed by atoms with Crippen LogP contribution in [0.4, 0.5) is 0 Å². The van der Waals surface area contributed by atoms with Crippen LogP contribution in [-0.4, -0.2) is 38.5 Å². The summed E-state index contributed by atoms with van der Waals surface area (Å²) in [7, 11) is -0.803. The van der Waals surface area contributed by atoms with Crippen LogP contribution in [0.2, 0.25) is 0 Å². The Bertz CT molecular complexity index is 1350. The molecule has 4 rings (SSSR count). The lowest BCUT2D eigenvalue weighted by molar-refractivity contribution is 0.0946. The Morgan fingerprint density at radius 3 is 2.38 bits per heavy atom. The van der Waals surface area contributed by atoms with E-state index in [1.807, 2.05) is 0 Å². The lowest BCUT2D eigenvalue weighted by atomic mass is 10.2. The lowest BCUT2D eigenvalue weighted by Gasteiger charge is -2.11. The van der Waals surface area contributed by atoms with Crippen LogP contribution in [0.25, 0.3) is 10.9 Å². The summed E-state index contributed by atoms with van der Waals surface area (Å²) >= 11 is 0. The van der Waals surface area contributed by atoms with Gasteiger partial charge in [0, 0.05) is 35.9 Å². The monoisotopic (exact) mass is 451 g/mol. The zero-order valence-corrected chi connectivity index (χ0v) is 18.3. The zero-order valence-electron chi connectivity index (χ0n) is 17.5. The fourth-order valence-electron chi connectivity index (χ4n) is 3.28. The van der Waals surface area contributed by atoms with Crippen molar-refractivity contribution in [2.45, 2.75) is 16.3 Å². The molecule has 0 saturated carbocycles. The molecule has 164 valence electrons. The Kier molecular flexibility index (Phi) is 5.83. The quantitative estimate of drug-likeness (QED) is 0.446. The number of fused-ring (bicyclic) bond motifs is 1. The fraction of sp³-hybridized carbons (Fsp3) is 0.130. The highest BCUT2D eigenvalue weighted by Gasteiger charge is 2.20. The summed E-state index contributed by atoms with van der Waals surface area (Å²) in [6.07, 6.45) is 3.33. The predicted molar refractivity (Wildman–Crippen MR) is 119 cm³/mol. The number of amides is 1. The van der Waals surface area contributed by atoms with Crippen molar-refractivity contribution in [3.05, 3.63) is 78.2 Å². The van der Waals surface area contributed by atoms with Gasteiger partial charge in [0.1, 0.15) is 5.69 Å². The molecule has 0 radical (unpaired) electrons. The first-order valence-corrected chi connectivity index (χ1v) is 11.2. The van der Waals surface area contributed by atoms with Gasteiger partial charge in [-0.1, -0.05) is 12.1 Å². The van der Waals surface area contributed by atoms with Gasteiger partial charge < -0.3 is 19.8 Å². The summed E-state index contributed by atoms with van der Waals surface area (Å²) in [5.74, 6) is 0.521. The number of carbonyl (C=O) groups is 1. The molecule has 0 bridgehead atoms. The average Bonchev–Trinajstić information content (AvgIpc) is 3.27. The third kappa shape index (κ3) is 4.15. The van der Waals surface area contributed by atoms with Crippen molar-refractivity contribution in [2.75, 3.05) is 14.2 Å². The second-order valence-corrected chi connectivity index (χ2v) is 8.94. The van der Waals surface area contributed by atoms with Gasteiger partial charge in [0.15, 0.2) is 11.5 Å². The molecule has 0 atom stereocenters. The maximum Gasteiger partial charge on any atom is 0.267 e. The smallest absolute Gasteiger partial charge is 0.267 e. The van der Waals surface area contributed by atoms with Crippen molar-refractivity contribution < 1.29 is 22.7 Å². The van der Waals surface area contributed by atoms with E-state index in [0.29, 0.717) is 17.2 Å². The van der Waals surface area contributed by atoms with Crippen LogP contribution in [-0.2, 0) is 16.4 Å². The molecule has 2 aromatic carbocycles. The number of ether oxygens (including phenoxy) is 2. The minimum absolute atomic E-state index is 0.101. The van der Waals surface area contributed by atoms with Crippen molar-refractivity contribution in [1.82, 2.24) is 15.3 Å². The van der Waals surface area contributed by atoms with E-state index in [2.05, 4.69) is 15.3 Å². The first-order valence-electron chi connectivity index (χ1n) is 9.69. The third-order valence-electron chi connectivity index (χ3n) is 5.02. The van der Waals surface area contributed by atoms with Crippen molar-refractivity contribution in [1.29, 1.82) is 0 Å². The number of aromatic amines is 1. The summed E-state index contributed by atoms with van der Waals surface area (Å²) in [6.45, 7) is 0.253.